The largest absolute Gasteiger partial charge is 0.508 e. The molecule has 3 N–H and O–H groups in total. The minimum atomic E-state index is 0.239. The fourth-order valence-corrected chi connectivity index (χ4v) is 14.3. The Bertz CT molecular complexity index is 1850. The van der Waals surface area contributed by atoms with E-state index < -0.39 is 0 Å². The Labute approximate surface area is 365 Å². The molecule has 0 heterocycles. The number of rotatable bonds is 9. The molecule has 3 heteroatoms. The van der Waals surface area contributed by atoms with E-state index in [0.29, 0.717) is 28.1 Å². The van der Waals surface area contributed by atoms with Crippen molar-refractivity contribution in [3.63, 3.8) is 0 Å². The van der Waals surface area contributed by atoms with Gasteiger partial charge in [0, 0.05) is 5.41 Å². The molecule has 1 unspecified atom stereocenters. The number of aryl methyl sites for hydroxylation is 3. The van der Waals surface area contributed by atoms with Gasteiger partial charge in [0.25, 0.3) is 0 Å². The molecule has 0 bridgehead atoms. The van der Waals surface area contributed by atoms with Crippen molar-refractivity contribution in [2.24, 2.45) is 23.7 Å². The lowest BCUT2D eigenvalue weighted by molar-refractivity contribution is 0.0986. The summed E-state index contributed by atoms with van der Waals surface area (Å²) in [6.07, 6.45) is 31.7. The van der Waals surface area contributed by atoms with Gasteiger partial charge in [0.15, 0.2) is 0 Å². The van der Waals surface area contributed by atoms with Gasteiger partial charge in [-0.2, -0.15) is 0 Å². The maximum Gasteiger partial charge on any atom is 0.115 e. The van der Waals surface area contributed by atoms with Crippen LogP contribution in [0, 0.1) is 23.7 Å². The van der Waals surface area contributed by atoms with Gasteiger partial charge >= 0.3 is 0 Å². The summed E-state index contributed by atoms with van der Waals surface area (Å²) in [5, 5.41) is 29.2. The van der Waals surface area contributed by atoms with E-state index in [0.717, 1.165) is 42.9 Å². The van der Waals surface area contributed by atoms with Gasteiger partial charge in [0.2, 0.25) is 0 Å². The Kier molecular flexibility index (Phi) is 14.5. The zero-order valence-electron chi connectivity index (χ0n) is 38.8. The highest BCUT2D eigenvalue weighted by Crippen LogP contribution is 2.55. The highest BCUT2D eigenvalue weighted by atomic mass is 16.3. The van der Waals surface area contributed by atoms with Gasteiger partial charge in [-0.05, 0) is 188 Å². The first-order valence-electron chi connectivity index (χ1n) is 25.1. The molecular weight excluding hydrogens is 733 g/mol. The molecule has 0 aliphatic heterocycles. The summed E-state index contributed by atoms with van der Waals surface area (Å²) in [6.45, 7) is 14.3. The third kappa shape index (κ3) is 9.13. The molecule has 3 nitrogen and oxygen atoms in total. The SMILES string of the molecule is CCCCC1=C2CCc3cc(O)ccc3C2(C)CCC1.CCCC[C@@H]1CCC[C@@]2(C)c3ccc(O)cc3CC[C@H]12.CCCC[C@H]1CCC[C@@]2(C)c3ccc(O)cc3CC[C@H]12. The van der Waals surface area contributed by atoms with Crippen LogP contribution in [0.15, 0.2) is 65.7 Å². The van der Waals surface area contributed by atoms with E-state index in [-0.39, 0.29) is 5.41 Å². The average Bonchev–Trinajstić information content (AvgIpc) is 3.23. The molecule has 2 saturated carbocycles. The number of fused-ring (bicyclic) bond motifs is 9. The van der Waals surface area contributed by atoms with Crippen molar-refractivity contribution in [3.8, 4) is 17.2 Å². The Balaban J connectivity index is 0.000000136. The zero-order chi connectivity index (χ0) is 42.5. The van der Waals surface area contributed by atoms with E-state index >= 15 is 0 Å². The number of benzene rings is 3. The van der Waals surface area contributed by atoms with E-state index in [4.69, 9.17) is 0 Å². The van der Waals surface area contributed by atoms with Crippen LogP contribution in [0.5, 0.6) is 17.2 Å². The number of phenols is 3. The number of aromatic hydroxyl groups is 3. The monoisotopic (exact) mass is 815 g/mol. The number of hydrogen-bond acceptors (Lipinski definition) is 3. The molecule has 0 saturated heterocycles. The summed E-state index contributed by atoms with van der Waals surface area (Å²) >= 11 is 0. The van der Waals surface area contributed by atoms with Crippen LogP contribution in [-0.2, 0) is 35.5 Å². The predicted molar refractivity (Wildman–Crippen MR) is 252 cm³/mol. The summed E-state index contributed by atoms with van der Waals surface area (Å²) in [6, 6.07) is 18.2. The van der Waals surface area contributed by atoms with Crippen LogP contribution >= 0.6 is 0 Å². The van der Waals surface area contributed by atoms with Crippen molar-refractivity contribution in [2.45, 2.75) is 212 Å². The van der Waals surface area contributed by atoms with Crippen LogP contribution in [0.4, 0.5) is 0 Å². The number of hydrogen-bond donors (Lipinski definition) is 3. The molecule has 7 atom stereocenters. The van der Waals surface area contributed by atoms with Gasteiger partial charge in [-0.25, -0.2) is 0 Å². The molecule has 3 aromatic rings. The fourth-order valence-electron chi connectivity index (χ4n) is 14.3. The smallest absolute Gasteiger partial charge is 0.115 e. The topological polar surface area (TPSA) is 60.7 Å². The highest BCUT2D eigenvalue weighted by Gasteiger charge is 2.47. The minimum Gasteiger partial charge on any atom is -0.508 e. The molecular formula is C57H82O3. The van der Waals surface area contributed by atoms with E-state index in [9.17, 15) is 15.3 Å². The van der Waals surface area contributed by atoms with E-state index in [2.05, 4.69) is 59.7 Å². The lowest BCUT2D eigenvalue weighted by Gasteiger charge is -2.50. The van der Waals surface area contributed by atoms with Crippen molar-refractivity contribution in [3.05, 3.63) is 99.1 Å². The molecule has 60 heavy (non-hydrogen) atoms. The lowest BCUT2D eigenvalue weighted by Crippen LogP contribution is -2.44. The second-order valence-electron chi connectivity index (χ2n) is 21.1. The first kappa shape index (κ1) is 44.8. The van der Waals surface area contributed by atoms with Crippen LogP contribution in [0.3, 0.4) is 0 Å². The van der Waals surface area contributed by atoms with Crippen molar-refractivity contribution in [2.75, 3.05) is 0 Å². The minimum absolute atomic E-state index is 0.239. The van der Waals surface area contributed by atoms with Gasteiger partial charge in [-0.1, -0.05) is 142 Å². The Hall–Kier alpha value is -3.20. The number of allylic oxidation sites excluding steroid dienone is 2. The fraction of sp³-hybridized carbons (Fsp3) is 0.649. The molecule has 0 amide bonds. The number of unbranched alkanes of at least 4 members (excludes halogenated alkanes) is 3. The molecule has 328 valence electrons. The second kappa shape index (κ2) is 19.5. The molecule has 0 aromatic heterocycles. The Morgan fingerprint density at radius 1 is 0.500 bits per heavy atom. The normalized spacial score (nSPS) is 30.1. The van der Waals surface area contributed by atoms with Crippen LogP contribution < -0.4 is 0 Å². The van der Waals surface area contributed by atoms with E-state index in [1.165, 1.54) is 168 Å². The quantitative estimate of drug-likeness (QED) is 0.189. The highest BCUT2D eigenvalue weighted by molar-refractivity contribution is 5.50. The molecule has 6 aliphatic carbocycles. The van der Waals surface area contributed by atoms with Crippen LogP contribution in [-0.4, -0.2) is 15.3 Å². The third-order valence-corrected chi connectivity index (χ3v) is 17.4. The van der Waals surface area contributed by atoms with E-state index in [1.54, 1.807) is 11.1 Å². The van der Waals surface area contributed by atoms with Gasteiger partial charge in [0.1, 0.15) is 17.2 Å². The second-order valence-corrected chi connectivity index (χ2v) is 21.1. The summed E-state index contributed by atoms with van der Waals surface area (Å²) < 4.78 is 0. The van der Waals surface area contributed by atoms with Crippen molar-refractivity contribution < 1.29 is 15.3 Å². The summed E-state index contributed by atoms with van der Waals surface area (Å²) in [5.41, 5.74) is 13.2. The molecule has 0 radical (unpaired) electrons. The summed E-state index contributed by atoms with van der Waals surface area (Å²) in [7, 11) is 0. The standard InChI is InChI=1S/2C19H28O.C19H26O/c3*1-3-4-6-14-7-5-12-19(2)17(14)10-8-15-13-16(20)9-11-18(15)19/h2*9,11,13-14,17,20H,3-8,10,12H2,1-2H3;9,11,13,20H,3-8,10,12H2,1-2H3/t14-,17+,19+;14-,17-,19-;/m01./s1. The van der Waals surface area contributed by atoms with Gasteiger partial charge in [0.05, 0.1) is 0 Å². The van der Waals surface area contributed by atoms with Crippen molar-refractivity contribution in [1.82, 2.24) is 0 Å². The Morgan fingerprint density at radius 3 is 1.45 bits per heavy atom. The summed E-state index contributed by atoms with van der Waals surface area (Å²) in [5.74, 6) is 4.86. The van der Waals surface area contributed by atoms with E-state index in [1.807, 2.05) is 36.4 Å². The zero-order valence-corrected chi connectivity index (χ0v) is 38.8. The maximum absolute atomic E-state index is 9.74. The van der Waals surface area contributed by atoms with Crippen molar-refractivity contribution >= 4 is 0 Å². The molecule has 3 aromatic carbocycles. The third-order valence-electron chi connectivity index (χ3n) is 17.4. The van der Waals surface area contributed by atoms with Gasteiger partial charge < -0.3 is 15.3 Å². The maximum atomic E-state index is 9.74. The average molecular weight is 815 g/mol. The molecule has 9 rings (SSSR count). The molecule has 0 spiro atoms. The lowest BCUT2D eigenvalue weighted by atomic mass is 9.54. The van der Waals surface area contributed by atoms with Gasteiger partial charge in [-0.3, -0.25) is 0 Å². The van der Waals surface area contributed by atoms with Crippen LogP contribution in [0.25, 0.3) is 0 Å². The van der Waals surface area contributed by atoms with Crippen LogP contribution in [0.2, 0.25) is 0 Å². The first-order valence-corrected chi connectivity index (χ1v) is 25.1. The molecule has 6 aliphatic rings. The van der Waals surface area contributed by atoms with Crippen LogP contribution in [0.1, 0.15) is 210 Å². The Morgan fingerprint density at radius 2 is 0.967 bits per heavy atom. The van der Waals surface area contributed by atoms with Gasteiger partial charge in [-0.15, -0.1) is 0 Å². The predicted octanol–water partition coefficient (Wildman–Crippen LogP) is 15.7. The number of phenolic OH excluding ortho intramolecular Hbond substituents is 3. The summed E-state index contributed by atoms with van der Waals surface area (Å²) in [4.78, 5) is 0. The van der Waals surface area contributed by atoms with Crippen molar-refractivity contribution in [1.29, 1.82) is 0 Å². The first-order chi connectivity index (χ1) is 28.9. The molecule has 2 fully saturated rings.